The second kappa shape index (κ2) is 8.15. The Morgan fingerprint density at radius 2 is 1.96 bits per heavy atom. The molecule has 28 heavy (non-hydrogen) atoms. The zero-order chi connectivity index (χ0) is 19.8. The minimum Gasteiger partial charge on any atom is -0.306 e. The van der Waals surface area contributed by atoms with Crippen molar-refractivity contribution in [1.82, 2.24) is 14.5 Å². The molecule has 0 unspecified atom stereocenters. The Morgan fingerprint density at radius 3 is 2.64 bits per heavy atom. The maximum atomic E-state index is 13.7. The fourth-order valence-corrected chi connectivity index (χ4v) is 5.21. The molecule has 4 nitrogen and oxygen atoms in total. The molecule has 3 aromatic rings. The van der Waals surface area contributed by atoms with Gasteiger partial charge < -0.3 is 4.90 Å². The van der Waals surface area contributed by atoms with Crippen molar-refractivity contribution in [3.05, 3.63) is 49.8 Å². The minimum absolute atomic E-state index is 0.0744. The molecule has 4 rings (SSSR count). The average molecular weight is 436 g/mol. The second-order valence-electron chi connectivity index (χ2n) is 7.45. The smallest absolute Gasteiger partial charge is 0.263 e. The van der Waals surface area contributed by atoms with E-state index in [9.17, 15) is 4.79 Å². The first kappa shape index (κ1) is 19.9. The van der Waals surface area contributed by atoms with Crippen LogP contribution in [0, 0.1) is 0 Å². The molecule has 0 saturated carbocycles. The van der Waals surface area contributed by atoms with Crippen molar-refractivity contribution in [2.75, 3.05) is 20.1 Å². The van der Waals surface area contributed by atoms with Crippen LogP contribution in [0.3, 0.4) is 0 Å². The lowest BCUT2D eigenvalue weighted by Gasteiger charge is -2.31. The summed E-state index contributed by atoms with van der Waals surface area (Å²) >= 11 is 13.8. The summed E-state index contributed by atoms with van der Waals surface area (Å²) in [4.78, 5) is 21.7. The van der Waals surface area contributed by atoms with E-state index in [0.29, 0.717) is 15.4 Å². The molecule has 1 aliphatic rings. The van der Waals surface area contributed by atoms with E-state index in [-0.39, 0.29) is 11.6 Å². The van der Waals surface area contributed by atoms with Gasteiger partial charge in [0.1, 0.15) is 10.7 Å². The number of halogens is 2. The molecule has 1 fully saturated rings. The molecule has 3 heterocycles. The van der Waals surface area contributed by atoms with Crippen molar-refractivity contribution < 1.29 is 0 Å². The van der Waals surface area contributed by atoms with Gasteiger partial charge in [0.05, 0.1) is 15.4 Å². The van der Waals surface area contributed by atoms with E-state index >= 15 is 0 Å². The zero-order valence-corrected chi connectivity index (χ0v) is 18.4. The van der Waals surface area contributed by atoms with Gasteiger partial charge in [-0.25, -0.2) is 4.98 Å². The van der Waals surface area contributed by atoms with Gasteiger partial charge in [0, 0.05) is 23.4 Å². The highest BCUT2D eigenvalue weighted by Gasteiger charge is 2.25. The summed E-state index contributed by atoms with van der Waals surface area (Å²) in [5, 5.41) is 3.71. The Bertz CT molecular complexity index is 1070. The van der Waals surface area contributed by atoms with E-state index in [0.717, 1.165) is 60.6 Å². The van der Waals surface area contributed by atoms with Crippen molar-refractivity contribution >= 4 is 44.8 Å². The fourth-order valence-electron chi connectivity index (χ4n) is 3.95. The number of rotatable bonds is 4. The Balaban J connectivity index is 1.90. The largest absolute Gasteiger partial charge is 0.306 e. The fraction of sp³-hybridized carbons (Fsp3) is 0.429. The van der Waals surface area contributed by atoms with Crippen molar-refractivity contribution in [3.63, 3.8) is 0 Å². The molecule has 2 aromatic heterocycles. The molecule has 0 spiro atoms. The van der Waals surface area contributed by atoms with Crippen LogP contribution in [-0.4, -0.2) is 34.6 Å². The predicted molar refractivity (Wildman–Crippen MR) is 119 cm³/mol. The molecule has 148 valence electrons. The number of piperidine rings is 1. The van der Waals surface area contributed by atoms with Crippen molar-refractivity contribution in [2.45, 2.75) is 38.6 Å². The lowest BCUT2D eigenvalue weighted by Crippen LogP contribution is -2.37. The van der Waals surface area contributed by atoms with Crippen LogP contribution in [0.5, 0.6) is 0 Å². The molecule has 0 aliphatic carbocycles. The number of nitrogens with zero attached hydrogens (tertiary/aromatic N) is 3. The predicted octanol–water partition coefficient (Wildman–Crippen LogP) is 5.65. The van der Waals surface area contributed by atoms with Gasteiger partial charge in [-0.3, -0.25) is 9.36 Å². The monoisotopic (exact) mass is 435 g/mol. The zero-order valence-electron chi connectivity index (χ0n) is 16.0. The van der Waals surface area contributed by atoms with Gasteiger partial charge in [-0.05, 0) is 57.1 Å². The molecular formula is C21H23Cl2N3OS. The third-order valence-electron chi connectivity index (χ3n) is 5.47. The van der Waals surface area contributed by atoms with Crippen LogP contribution >= 0.6 is 34.5 Å². The summed E-state index contributed by atoms with van der Waals surface area (Å²) in [6, 6.07) is 5.72. The van der Waals surface area contributed by atoms with Gasteiger partial charge in [-0.15, -0.1) is 11.3 Å². The van der Waals surface area contributed by atoms with E-state index in [1.165, 1.54) is 11.3 Å². The molecule has 1 aliphatic heterocycles. The van der Waals surface area contributed by atoms with Gasteiger partial charge in [0.25, 0.3) is 5.56 Å². The number of hydrogen-bond donors (Lipinski definition) is 0. The molecule has 1 saturated heterocycles. The van der Waals surface area contributed by atoms with Crippen LogP contribution in [0.4, 0.5) is 0 Å². The lowest BCUT2D eigenvalue weighted by atomic mass is 10.0. The van der Waals surface area contributed by atoms with Crippen LogP contribution in [0.1, 0.15) is 38.1 Å². The maximum absolute atomic E-state index is 13.7. The Labute approximate surface area is 178 Å². The number of aromatic nitrogens is 2. The topological polar surface area (TPSA) is 38.1 Å². The van der Waals surface area contributed by atoms with E-state index in [4.69, 9.17) is 28.2 Å². The van der Waals surface area contributed by atoms with Crippen LogP contribution in [0.15, 0.2) is 28.4 Å². The molecule has 1 aromatic carbocycles. The first-order valence-corrected chi connectivity index (χ1v) is 11.3. The molecule has 0 bridgehead atoms. The Kier molecular flexibility index (Phi) is 5.79. The molecule has 7 heteroatoms. The minimum atomic E-state index is 0.0744. The molecule has 0 amide bonds. The summed E-state index contributed by atoms with van der Waals surface area (Å²) in [5.74, 6) is 0.914. The third-order valence-corrected chi connectivity index (χ3v) is 7.08. The standard InChI is InChI=1S/C21H23Cl2N3OS/c1-3-4-18-24-20-19(21(27)26(18)14-7-9-25(2)10-8-14)15(12-28-20)13-5-6-16(22)17(23)11-13/h5-6,11-12,14H,3-4,7-10H2,1-2H3. The number of benzene rings is 1. The van der Waals surface area contributed by atoms with Crippen LogP contribution < -0.4 is 5.56 Å². The SMILES string of the molecule is CCCc1nc2scc(-c3ccc(Cl)c(Cl)c3)c2c(=O)n1C1CCN(C)CC1. The van der Waals surface area contributed by atoms with Gasteiger partial charge in [-0.2, -0.15) is 0 Å². The van der Waals surface area contributed by atoms with E-state index < -0.39 is 0 Å². The van der Waals surface area contributed by atoms with Gasteiger partial charge in [0.15, 0.2) is 0 Å². The number of fused-ring (bicyclic) bond motifs is 1. The van der Waals surface area contributed by atoms with Gasteiger partial charge in [-0.1, -0.05) is 36.2 Å². The summed E-state index contributed by atoms with van der Waals surface area (Å²) < 4.78 is 1.98. The van der Waals surface area contributed by atoms with Crippen LogP contribution in [0.2, 0.25) is 10.0 Å². The number of thiophene rings is 1. The number of aryl methyl sites for hydroxylation is 1. The number of likely N-dealkylation sites (tertiary alicyclic amines) is 1. The summed E-state index contributed by atoms with van der Waals surface area (Å²) in [6.45, 7) is 4.14. The average Bonchev–Trinajstić information content (AvgIpc) is 3.10. The van der Waals surface area contributed by atoms with E-state index in [2.05, 4.69) is 18.9 Å². The first-order valence-electron chi connectivity index (χ1n) is 9.66. The summed E-state index contributed by atoms with van der Waals surface area (Å²) in [6.07, 6.45) is 3.74. The normalized spacial score (nSPS) is 16.1. The third kappa shape index (κ3) is 3.61. The van der Waals surface area contributed by atoms with Gasteiger partial charge in [0.2, 0.25) is 0 Å². The van der Waals surface area contributed by atoms with E-state index in [1.54, 1.807) is 6.07 Å². The first-order chi connectivity index (χ1) is 13.5. The van der Waals surface area contributed by atoms with Crippen molar-refractivity contribution in [3.8, 4) is 11.1 Å². The Hall–Kier alpha value is -1.40. The summed E-state index contributed by atoms with van der Waals surface area (Å²) in [5.41, 5.74) is 1.86. The molecule has 0 radical (unpaired) electrons. The molecule has 0 atom stereocenters. The highest BCUT2D eigenvalue weighted by Crippen LogP contribution is 2.35. The summed E-state index contributed by atoms with van der Waals surface area (Å²) in [7, 11) is 2.13. The van der Waals surface area contributed by atoms with Gasteiger partial charge >= 0.3 is 0 Å². The second-order valence-corrected chi connectivity index (χ2v) is 9.12. The van der Waals surface area contributed by atoms with Crippen molar-refractivity contribution in [1.29, 1.82) is 0 Å². The highest BCUT2D eigenvalue weighted by atomic mass is 35.5. The maximum Gasteiger partial charge on any atom is 0.263 e. The van der Waals surface area contributed by atoms with Crippen LogP contribution in [0.25, 0.3) is 21.3 Å². The number of hydrogen-bond acceptors (Lipinski definition) is 4. The highest BCUT2D eigenvalue weighted by molar-refractivity contribution is 7.17. The Morgan fingerprint density at radius 1 is 1.21 bits per heavy atom. The lowest BCUT2D eigenvalue weighted by molar-refractivity contribution is 0.215. The van der Waals surface area contributed by atoms with Crippen LogP contribution in [-0.2, 0) is 6.42 Å². The van der Waals surface area contributed by atoms with Crippen molar-refractivity contribution in [2.24, 2.45) is 0 Å². The quantitative estimate of drug-likeness (QED) is 0.531. The molecular weight excluding hydrogens is 413 g/mol. The van der Waals surface area contributed by atoms with E-state index in [1.807, 2.05) is 22.1 Å². The molecule has 0 N–H and O–H groups in total.